The highest BCUT2D eigenvalue weighted by Gasteiger charge is 2.17. The maximum absolute atomic E-state index is 9.48. The lowest BCUT2D eigenvalue weighted by molar-refractivity contribution is 0.398. The number of hydrogen-bond acceptors (Lipinski definition) is 4. The summed E-state index contributed by atoms with van der Waals surface area (Å²) in [5.74, 6) is 0.561. The van der Waals surface area contributed by atoms with Crippen molar-refractivity contribution in [3.8, 4) is 23.1 Å². The van der Waals surface area contributed by atoms with Crippen molar-refractivity contribution >= 4 is 5.69 Å². The van der Waals surface area contributed by atoms with Gasteiger partial charge in [-0.15, -0.1) is 0 Å². The van der Waals surface area contributed by atoms with E-state index in [0.29, 0.717) is 11.4 Å². The number of hydrogen-bond donors (Lipinski definition) is 0. The van der Waals surface area contributed by atoms with Gasteiger partial charge in [0.25, 0.3) is 0 Å². The van der Waals surface area contributed by atoms with Crippen molar-refractivity contribution in [2.24, 2.45) is 0 Å². The van der Waals surface area contributed by atoms with Crippen LogP contribution in [0.3, 0.4) is 0 Å². The molecule has 0 amide bonds. The second kappa shape index (κ2) is 7.64. The number of benzene rings is 1. The van der Waals surface area contributed by atoms with E-state index in [1.54, 1.807) is 13.3 Å². The Morgan fingerprint density at radius 3 is 2.74 bits per heavy atom. The SMILES string of the molecule is CC.COc1cc(-c2cc3c(cc2C#N)N(C)CCC3)ccn1. The fraction of sp³-hybridized carbons (Fsp3) is 0.368. The van der Waals surface area contributed by atoms with Gasteiger partial charge in [-0.3, -0.25) is 0 Å². The Morgan fingerprint density at radius 2 is 2.04 bits per heavy atom. The summed E-state index contributed by atoms with van der Waals surface area (Å²) in [4.78, 5) is 6.34. The molecule has 4 heteroatoms. The molecule has 1 aliphatic heterocycles. The third-order valence-corrected chi connectivity index (χ3v) is 3.95. The van der Waals surface area contributed by atoms with Gasteiger partial charge in [-0.25, -0.2) is 4.98 Å². The molecule has 4 nitrogen and oxygen atoms in total. The zero-order chi connectivity index (χ0) is 16.8. The molecule has 0 bridgehead atoms. The minimum atomic E-state index is 0.561. The van der Waals surface area contributed by atoms with Crippen LogP contribution < -0.4 is 9.64 Å². The molecule has 0 fully saturated rings. The van der Waals surface area contributed by atoms with Gasteiger partial charge in [0.2, 0.25) is 5.88 Å². The molecule has 0 saturated carbocycles. The van der Waals surface area contributed by atoms with Crippen LogP contribution in [0.4, 0.5) is 5.69 Å². The molecule has 0 spiro atoms. The van der Waals surface area contributed by atoms with Crippen molar-refractivity contribution < 1.29 is 4.74 Å². The smallest absolute Gasteiger partial charge is 0.213 e. The Kier molecular flexibility index (Phi) is 5.59. The van der Waals surface area contributed by atoms with E-state index in [0.717, 1.165) is 30.5 Å². The topological polar surface area (TPSA) is 49.1 Å². The maximum Gasteiger partial charge on any atom is 0.213 e. The van der Waals surface area contributed by atoms with E-state index >= 15 is 0 Å². The normalized spacial score (nSPS) is 12.6. The zero-order valence-corrected chi connectivity index (χ0v) is 14.3. The molecule has 2 heterocycles. The van der Waals surface area contributed by atoms with Crippen molar-refractivity contribution in [2.45, 2.75) is 26.7 Å². The Bertz CT molecular complexity index is 719. The van der Waals surface area contributed by atoms with E-state index in [9.17, 15) is 5.26 Å². The van der Waals surface area contributed by atoms with Gasteiger partial charge in [0.1, 0.15) is 0 Å². The highest BCUT2D eigenvalue weighted by Crippen LogP contribution is 2.34. The number of aromatic nitrogens is 1. The lowest BCUT2D eigenvalue weighted by Crippen LogP contribution is -2.24. The molecule has 1 aliphatic rings. The maximum atomic E-state index is 9.48. The number of nitriles is 1. The van der Waals surface area contributed by atoms with Crippen LogP contribution in [0.5, 0.6) is 5.88 Å². The van der Waals surface area contributed by atoms with Crippen LogP contribution in [0.25, 0.3) is 11.1 Å². The van der Waals surface area contributed by atoms with Crippen LogP contribution in [-0.4, -0.2) is 25.7 Å². The first-order chi connectivity index (χ1) is 11.2. The lowest BCUT2D eigenvalue weighted by atomic mass is 9.93. The Balaban J connectivity index is 0.000000924. The number of anilines is 1. The van der Waals surface area contributed by atoms with E-state index in [2.05, 4.69) is 29.1 Å². The molecule has 2 aromatic rings. The average molecular weight is 309 g/mol. The van der Waals surface area contributed by atoms with E-state index in [-0.39, 0.29) is 0 Å². The Hall–Kier alpha value is -2.54. The first-order valence-electron chi connectivity index (χ1n) is 8.01. The van der Waals surface area contributed by atoms with Gasteiger partial charge in [-0.2, -0.15) is 5.26 Å². The van der Waals surface area contributed by atoms with E-state index < -0.39 is 0 Å². The molecular formula is C19H23N3O. The van der Waals surface area contributed by atoms with Crippen molar-refractivity contribution in [1.29, 1.82) is 5.26 Å². The van der Waals surface area contributed by atoms with Gasteiger partial charge in [0, 0.05) is 37.1 Å². The number of nitrogens with zero attached hydrogens (tertiary/aromatic N) is 3. The standard InChI is InChI=1S/C17H17N3O.C2H6/c1-20-7-3-4-13-8-15(14(11-18)9-16(13)20)12-5-6-19-17(10-12)21-2;1-2/h5-6,8-10H,3-4,7H2,1-2H3;1-2H3. The molecule has 0 N–H and O–H groups in total. The summed E-state index contributed by atoms with van der Waals surface area (Å²) in [6, 6.07) is 10.2. The van der Waals surface area contributed by atoms with Gasteiger partial charge in [0.05, 0.1) is 18.7 Å². The monoisotopic (exact) mass is 309 g/mol. The molecule has 0 saturated heterocycles. The lowest BCUT2D eigenvalue weighted by Gasteiger charge is -2.28. The van der Waals surface area contributed by atoms with Crippen molar-refractivity contribution in [2.75, 3.05) is 25.6 Å². The van der Waals surface area contributed by atoms with Crippen LogP contribution in [0.15, 0.2) is 30.5 Å². The molecule has 1 aromatic carbocycles. The molecule has 23 heavy (non-hydrogen) atoms. The quantitative estimate of drug-likeness (QED) is 0.840. The van der Waals surface area contributed by atoms with Crippen LogP contribution >= 0.6 is 0 Å². The molecule has 0 unspecified atom stereocenters. The number of fused-ring (bicyclic) bond motifs is 1. The number of methoxy groups -OCH3 is 1. The Labute approximate surface area is 138 Å². The number of aryl methyl sites for hydroxylation is 1. The van der Waals surface area contributed by atoms with Gasteiger partial charge in [-0.1, -0.05) is 13.8 Å². The summed E-state index contributed by atoms with van der Waals surface area (Å²) in [7, 11) is 3.67. The van der Waals surface area contributed by atoms with Crippen molar-refractivity contribution in [3.05, 3.63) is 41.6 Å². The summed E-state index contributed by atoms with van der Waals surface area (Å²) < 4.78 is 5.18. The zero-order valence-electron chi connectivity index (χ0n) is 14.3. The highest BCUT2D eigenvalue weighted by atomic mass is 16.5. The third kappa shape index (κ3) is 3.45. The second-order valence-corrected chi connectivity index (χ2v) is 5.25. The van der Waals surface area contributed by atoms with Gasteiger partial charge < -0.3 is 9.64 Å². The van der Waals surface area contributed by atoms with Gasteiger partial charge in [0.15, 0.2) is 0 Å². The molecule has 0 atom stereocenters. The van der Waals surface area contributed by atoms with Crippen molar-refractivity contribution in [1.82, 2.24) is 4.98 Å². The minimum absolute atomic E-state index is 0.561. The minimum Gasteiger partial charge on any atom is -0.481 e. The summed E-state index contributed by atoms with van der Waals surface area (Å²) in [5, 5.41) is 9.48. The third-order valence-electron chi connectivity index (χ3n) is 3.95. The van der Waals surface area contributed by atoms with E-state index in [1.165, 1.54) is 11.3 Å². The average Bonchev–Trinajstić information content (AvgIpc) is 2.63. The van der Waals surface area contributed by atoms with E-state index in [4.69, 9.17) is 4.74 Å². The summed E-state index contributed by atoms with van der Waals surface area (Å²) in [6.07, 6.45) is 3.91. The van der Waals surface area contributed by atoms with Crippen LogP contribution in [0.2, 0.25) is 0 Å². The predicted molar refractivity (Wildman–Crippen MR) is 93.9 cm³/mol. The van der Waals surface area contributed by atoms with Crippen LogP contribution in [0, 0.1) is 11.3 Å². The molecule has 0 radical (unpaired) electrons. The van der Waals surface area contributed by atoms with Gasteiger partial charge >= 0.3 is 0 Å². The predicted octanol–water partition coefficient (Wildman–Crippen LogP) is 4.04. The summed E-state index contributed by atoms with van der Waals surface area (Å²) >= 11 is 0. The van der Waals surface area contributed by atoms with E-state index in [1.807, 2.05) is 32.0 Å². The summed E-state index contributed by atoms with van der Waals surface area (Å²) in [6.45, 7) is 5.04. The van der Waals surface area contributed by atoms with Crippen molar-refractivity contribution in [3.63, 3.8) is 0 Å². The molecule has 120 valence electrons. The molecule has 3 rings (SSSR count). The Morgan fingerprint density at radius 1 is 1.26 bits per heavy atom. The van der Waals surface area contributed by atoms with Crippen LogP contribution in [-0.2, 0) is 6.42 Å². The van der Waals surface area contributed by atoms with Crippen LogP contribution in [0.1, 0.15) is 31.4 Å². The fourth-order valence-electron chi connectivity index (χ4n) is 2.84. The number of ether oxygens (including phenoxy) is 1. The fourth-order valence-corrected chi connectivity index (χ4v) is 2.84. The number of rotatable bonds is 2. The number of pyridine rings is 1. The molecule has 1 aromatic heterocycles. The second-order valence-electron chi connectivity index (χ2n) is 5.25. The highest BCUT2D eigenvalue weighted by molar-refractivity contribution is 5.76. The molecule has 0 aliphatic carbocycles. The first kappa shape index (κ1) is 16.8. The first-order valence-corrected chi connectivity index (χ1v) is 8.01. The largest absolute Gasteiger partial charge is 0.481 e. The summed E-state index contributed by atoms with van der Waals surface area (Å²) in [5.41, 5.74) is 5.08. The van der Waals surface area contributed by atoms with Gasteiger partial charge in [-0.05, 0) is 42.2 Å². The molecular weight excluding hydrogens is 286 g/mol.